The van der Waals surface area contributed by atoms with Gasteiger partial charge in [-0.3, -0.25) is 9.59 Å². The minimum absolute atomic E-state index is 0.0439. The van der Waals surface area contributed by atoms with E-state index in [1.165, 1.54) is 6.21 Å². The van der Waals surface area contributed by atoms with Crippen molar-refractivity contribution in [2.24, 2.45) is 5.10 Å². The molecule has 0 saturated heterocycles. The number of benzene rings is 3. The SMILES string of the molecule is O=C(CCNC(=O)c1ccccc1Cl)NN=Cc1cccc(OC(=O)c2ccccc2)c1. The van der Waals surface area contributed by atoms with Crippen LogP contribution in [0.4, 0.5) is 0 Å². The Morgan fingerprint density at radius 1 is 0.938 bits per heavy atom. The lowest BCUT2D eigenvalue weighted by molar-refractivity contribution is -0.120. The molecule has 3 rings (SSSR count). The lowest BCUT2D eigenvalue weighted by atomic mass is 10.2. The van der Waals surface area contributed by atoms with Gasteiger partial charge in [0.05, 0.1) is 22.4 Å². The number of carbonyl (C=O) groups is 3. The number of ether oxygens (including phenoxy) is 1. The molecule has 0 saturated carbocycles. The third kappa shape index (κ3) is 6.78. The Morgan fingerprint density at radius 2 is 1.69 bits per heavy atom. The maximum atomic E-state index is 12.1. The lowest BCUT2D eigenvalue weighted by Gasteiger charge is -2.06. The van der Waals surface area contributed by atoms with Gasteiger partial charge < -0.3 is 10.1 Å². The highest BCUT2D eigenvalue weighted by Crippen LogP contribution is 2.15. The van der Waals surface area contributed by atoms with Crippen LogP contribution in [0.2, 0.25) is 5.02 Å². The molecule has 0 fully saturated rings. The number of hydrogen-bond donors (Lipinski definition) is 2. The Balaban J connectivity index is 1.45. The number of hydrogen-bond acceptors (Lipinski definition) is 5. The van der Waals surface area contributed by atoms with Crippen LogP contribution in [-0.2, 0) is 4.79 Å². The Hall–Kier alpha value is -3.97. The molecule has 0 radical (unpaired) electrons. The molecule has 162 valence electrons. The standard InChI is InChI=1S/C24H20ClN3O4/c25-21-12-5-4-11-20(21)23(30)26-14-13-22(29)28-27-16-17-7-6-10-19(15-17)32-24(31)18-8-2-1-3-9-18/h1-12,15-16H,13-14H2,(H,26,30)(H,28,29). The van der Waals surface area contributed by atoms with Gasteiger partial charge in [-0.15, -0.1) is 0 Å². The van der Waals surface area contributed by atoms with Gasteiger partial charge in [0.25, 0.3) is 5.91 Å². The molecule has 0 aliphatic carbocycles. The van der Waals surface area contributed by atoms with Gasteiger partial charge in [-0.05, 0) is 42.0 Å². The van der Waals surface area contributed by atoms with E-state index in [0.29, 0.717) is 27.5 Å². The number of amides is 2. The van der Waals surface area contributed by atoms with Crippen LogP contribution in [0.1, 0.15) is 32.7 Å². The van der Waals surface area contributed by atoms with Crippen molar-refractivity contribution in [1.82, 2.24) is 10.7 Å². The van der Waals surface area contributed by atoms with Crippen LogP contribution in [0.15, 0.2) is 84.0 Å². The van der Waals surface area contributed by atoms with Gasteiger partial charge in [0.1, 0.15) is 5.75 Å². The minimum atomic E-state index is -0.466. The summed E-state index contributed by atoms with van der Waals surface area (Å²) < 4.78 is 5.35. The Kier molecular flexibility index (Phi) is 8.11. The molecule has 0 heterocycles. The van der Waals surface area contributed by atoms with Crippen molar-refractivity contribution in [2.45, 2.75) is 6.42 Å². The summed E-state index contributed by atoms with van der Waals surface area (Å²) in [6.45, 7) is 0.135. The fourth-order valence-corrected chi connectivity index (χ4v) is 2.88. The van der Waals surface area contributed by atoms with Crippen LogP contribution < -0.4 is 15.5 Å². The molecule has 0 bridgehead atoms. The summed E-state index contributed by atoms with van der Waals surface area (Å²) in [6, 6.07) is 22.1. The fourth-order valence-electron chi connectivity index (χ4n) is 2.66. The number of carbonyl (C=O) groups excluding carboxylic acids is 3. The highest BCUT2D eigenvalue weighted by molar-refractivity contribution is 6.33. The maximum Gasteiger partial charge on any atom is 0.343 e. The van der Waals surface area contributed by atoms with Crippen LogP contribution in [0.25, 0.3) is 0 Å². The quantitative estimate of drug-likeness (QED) is 0.236. The highest BCUT2D eigenvalue weighted by Gasteiger charge is 2.10. The molecule has 0 spiro atoms. The Bertz CT molecular complexity index is 1130. The number of hydrazone groups is 1. The molecule has 0 aliphatic rings. The van der Waals surface area contributed by atoms with Crippen molar-refractivity contribution in [2.75, 3.05) is 6.54 Å². The molecule has 7 nitrogen and oxygen atoms in total. The molecule has 2 N–H and O–H groups in total. The summed E-state index contributed by atoms with van der Waals surface area (Å²) in [5, 5.41) is 6.87. The minimum Gasteiger partial charge on any atom is -0.423 e. The van der Waals surface area contributed by atoms with Crippen molar-refractivity contribution in [3.8, 4) is 5.75 Å². The second kappa shape index (κ2) is 11.4. The predicted molar refractivity (Wildman–Crippen MR) is 122 cm³/mol. The van der Waals surface area contributed by atoms with Crippen molar-refractivity contribution in [1.29, 1.82) is 0 Å². The van der Waals surface area contributed by atoms with Crippen molar-refractivity contribution in [3.05, 3.63) is 101 Å². The number of nitrogens with zero attached hydrogens (tertiary/aromatic N) is 1. The summed E-state index contributed by atoms with van der Waals surface area (Å²) in [7, 11) is 0. The number of rotatable bonds is 8. The normalized spacial score (nSPS) is 10.5. The van der Waals surface area contributed by atoms with Gasteiger partial charge in [0.2, 0.25) is 5.91 Å². The highest BCUT2D eigenvalue weighted by atomic mass is 35.5. The van der Waals surface area contributed by atoms with Gasteiger partial charge >= 0.3 is 5.97 Å². The van der Waals surface area contributed by atoms with E-state index in [1.807, 2.05) is 6.07 Å². The average molecular weight is 450 g/mol. The van der Waals surface area contributed by atoms with Gasteiger partial charge in [-0.25, -0.2) is 10.2 Å². The second-order valence-electron chi connectivity index (χ2n) is 6.61. The molecule has 0 unspecified atom stereocenters. The van der Waals surface area contributed by atoms with E-state index in [4.69, 9.17) is 16.3 Å². The summed E-state index contributed by atoms with van der Waals surface area (Å²) in [4.78, 5) is 36.1. The van der Waals surface area contributed by atoms with Crippen molar-refractivity contribution in [3.63, 3.8) is 0 Å². The fraction of sp³-hybridized carbons (Fsp3) is 0.0833. The number of halogens is 1. The third-order valence-electron chi connectivity index (χ3n) is 4.24. The topological polar surface area (TPSA) is 96.9 Å². The zero-order valence-electron chi connectivity index (χ0n) is 17.0. The van der Waals surface area contributed by atoms with E-state index >= 15 is 0 Å². The summed E-state index contributed by atoms with van der Waals surface area (Å²) in [5.41, 5.74) is 3.81. The van der Waals surface area contributed by atoms with Gasteiger partial charge in [-0.1, -0.05) is 54.1 Å². The Morgan fingerprint density at radius 3 is 2.47 bits per heavy atom. The smallest absolute Gasteiger partial charge is 0.343 e. The first kappa shape index (κ1) is 22.7. The monoisotopic (exact) mass is 449 g/mol. The van der Waals surface area contributed by atoms with Crippen molar-refractivity contribution >= 4 is 35.6 Å². The molecule has 3 aromatic carbocycles. The van der Waals surface area contributed by atoms with E-state index in [9.17, 15) is 14.4 Å². The average Bonchev–Trinajstić information content (AvgIpc) is 2.80. The first-order valence-electron chi connectivity index (χ1n) is 9.75. The molecule has 2 amide bonds. The molecular weight excluding hydrogens is 430 g/mol. The number of nitrogens with one attached hydrogen (secondary N) is 2. The van der Waals surface area contributed by atoms with E-state index < -0.39 is 5.97 Å². The molecule has 0 aromatic heterocycles. The summed E-state index contributed by atoms with van der Waals surface area (Å²) >= 11 is 5.97. The zero-order chi connectivity index (χ0) is 22.8. The first-order chi connectivity index (χ1) is 15.5. The van der Waals surface area contributed by atoms with Gasteiger partial charge in [0.15, 0.2) is 0 Å². The molecule has 0 aliphatic heterocycles. The van der Waals surface area contributed by atoms with Crippen LogP contribution in [0.5, 0.6) is 5.75 Å². The van der Waals surface area contributed by atoms with E-state index in [-0.39, 0.29) is 24.8 Å². The largest absolute Gasteiger partial charge is 0.423 e. The predicted octanol–water partition coefficient (Wildman–Crippen LogP) is 3.83. The molecule has 3 aromatic rings. The van der Waals surface area contributed by atoms with Crippen molar-refractivity contribution < 1.29 is 19.1 Å². The first-order valence-corrected chi connectivity index (χ1v) is 10.1. The molecule has 0 atom stereocenters. The molecule has 32 heavy (non-hydrogen) atoms. The van der Waals surface area contributed by atoms with Crippen LogP contribution in [0, 0.1) is 0 Å². The number of esters is 1. The third-order valence-corrected chi connectivity index (χ3v) is 4.57. The zero-order valence-corrected chi connectivity index (χ0v) is 17.7. The van der Waals surface area contributed by atoms with E-state index in [1.54, 1.807) is 72.8 Å². The van der Waals surface area contributed by atoms with Gasteiger partial charge in [0, 0.05) is 13.0 Å². The summed E-state index contributed by atoms with van der Waals surface area (Å²) in [6.07, 6.45) is 1.47. The molecular formula is C24H20ClN3O4. The summed E-state index contributed by atoms with van der Waals surface area (Å²) in [5.74, 6) is -0.829. The lowest BCUT2D eigenvalue weighted by Crippen LogP contribution is -2.29. The van der Waals surface area contributed by atoms with E-state index in [0.717, 1.165) is 0 Å². The van der Waals surface area contributed by atoms with E-state index in [2.05, 4.69) is 15.8 Å². The Labute approximate surface area is 190 Å². The maximum absolute atomic E-state index is 12.1. The molecule has 8 heteroatoms. The van der Waals surface area contributed by atoms with Gasteiger partial charge in [-0.2, -0.15) is 5.10 Å². The van der Waals surface area contributed by atoms with Crippen LogP contribution in [-0.4, -0.2) is 30.5 Å². The van der Waals surface area contributed by atoms with Crippen LogP contribution in [0.3, 0.4) is 0 Å². The second-order valence-corrected chi connectivity index (χ2v) is 7.01. The van der Waals surface area contributed by atoms with Crippen LogP contribution >= 0.6 is 11.6 Å².